The first-order valence-corrected chi connectivity index (χ1v) is 6.12. The number of hydrogen-bond donors (Lipinski definition) is 0. The molecule has 1 aromatic carbocycles. The Bertz CT molecular complexity index is 524. The van der Waals surface area contributed by atoms with Crippen LogP contribution in [0.2, 0.25) is 0 Å². The van der Waals surface area contributed by atoms with Gasteiger partial charge in [-0.2, -0.15) is 0 Å². The monoisotopic (exact) mass is 262 g/mol. The highest BCUT2D eigenvalue weighted by Crippen LogP contribution is 2.38. The van der Waals surface area contributed by atoms with Crippen molar-refractivity contribution in [1.82, 2.24) is 0 Å². The standard InChI is InChI=1S/C15H18O4/c1-15(2,3)14(16)6-5-10-7-12-13(19-9-18-12)8-11(10)17-4/h5-8H,9H2,1-4H3/b6-5+. The van der Waals surface area contributed by atoms with E-state index in [2.05, 4.69) is 0 Å². The topological polar surface area (TPSA) is 44.8 Å². The second-order valence-corrected chi connectivity index (χ2v) is 5.40. The van der Waals surface area contributed by atoms with E-state index in [1.165, 1.54) is 0 Å². The number of carbonyl (C=O) groups excluding carboxylic acids is 1. The Morgan fingerprint density at radius 1 is 1.26 bits per heavy atom. The molecule has 4 heteroatoms. The molecule has 102 valence electrons. The van der Waals surface area contributed by atoms with Crippen molar-refractivity contribution in [2.45, 2.75) is 20.8 Å². The van der Waals surface area contributed by atoms with Crippen molar-refractivity contribution in [2.24, 2.45) is 5.41 Å². The molecule has 0 saturated carbocycles. The third-order valence-electron chi connectivity index (χ3n) is 2.88. The summed E-state index contributed by atoms with van der Waals surface area (Å²) < 4.78 is 15.9. The van der Waals surface area contributed by atoms with E-state index in [1.807, 2.05) is 26.8 Å². The van der Waals surface area contributed by atoms with E-state index < -0.39 is 0 Å². The zero-order valence-corrected chi connectivity index (χ0v) is 11.6. The molecule has 0 atom stereocenters. The lowest BCUT2D eigenvalue weighted by atomic mass is 9.90. The normalized spacial score (nSPS) is 13.9. The molecule has 4 nitrogen and oxygen atoms in total. The summed E-state index contributed by atoms with van der Waals surface area (Å²) in [5.74, 6) is 2.05. The molecule has 0 unspecified atom stereocenters. The number of allylic oxidation sites excluding steroid dienone is 1. The number of ether oxygens (including phenoxy) is 3. The maximum Gasteiger partial charge on any atom is 0.231 e. The van der Waals surface area contributed by atoms with Gasteiger partial charge in [-0.25, -0.2) is 0 Å². The smallest absolute Gasteiger partial charge is 0.231 e. The van der Waals surface area contributed by atoms with Crippen LogP contribution in [0.15, 0.2) is 18.2 Å². The van der Waals surface area contributed by atoms with Crippen molar-refractivity contribution in [3.05, 3.63) is 23.8 Å². The van der Waals surface area contributed by atoms with Crippen LogP contribution in [0.25, 0.3) is 6.08 Å². The molecular weight excluding hydrogens is 244 g/mol. The summed E-state index contributed by atoms with van der Waals surface area (Å²) >= 11 is 0. The molecule has 1 aliphatic rings. The van der Waals surface area contributed by atoms with Gasteiger partial charge in [-0.1, -0.05) is 20.8 Å². The van der Waals surface area contributed by atoms with Crippen molar-refractivity contribution in [3.8, 4) is 17.2 Å². The molecule has 1 aromatic rings. The molecule has 0 N–H and O–H groups in total. The maximum absolute atomic E-state index is 11.9. The van der Waals surface area contributed by atoms with Crippen LogP contribution in [-0.2, 0) is 4.79 Å². The number of benzene rings is 1. The van der Waals surface area contributed by atoms with Crippen molar-refractivity contribution in [3.63, 3.8) is 0 Å². The Balaban J connectivity index is 2.30. The Labute approximate surface area is 113 Å². The molecule has 0 aromatic heterocycles. The fourth-order valence-electron chi connectivity index (χ4n) is 1.66. The van der Waals surface area contributed by atoms with E-state index in [-0.39, 0.29) is 18.0 Å². The Morgan fingerprint density at radius 3 is 2.47 bits per heavy atom. The van der Waals surface area contributed by atoms with E-state index in [0.29, 0.717) is 17.2 Å². The Morgan fingerprint density at radius 2 is 1.89 bits per heavy atom. The number of rotatable bonds is 3. The Hall–Kier alpha value is -1.97. The number of methoxy groups -OCH3 is 1. The van der Waals surface area contributed by atoms with Gasteiger partial charge in [-0.15, -0.1) is 0 Å². The predicted octanol–water partition coefficient (Wildman–Crippen LogP) is 3.05. The molecule has 0 saturated heterocycles. The fourth-order valence-corrected chi connectivity index (χ4v) is 1.66. The molecule has 2 rings (SSSR count). The van der Waals surface area contributed by atoms with Gasteiger partial charge in [0.05, 0.1) is 7.11 Å². The third kappa shape index (κ3) is 2.89. The minimum absolute atomic E-state index is 0.0622. The van der Waals surface area contributed by atoms with Crippen LogP contribution >= 0.6 is 0 Å². The number of carbonyl (C=O) groups is 1. The summed E-state index contributed by atoms with van der Waals surface area (Å²) in [6, 6.07) is 3.58. The first-order chi connectivity index (χ1) is 8.91. The molecule has 0 spiro atoms. The lowest BCUT2D eigenvalue weighted by molar-refractivity contribution is -0.121. The largest absolute Gasteiger partial charge is 0.496 e. The Kier molecular flexibility index (Phi) is 3.51. The molecule has 0 fully saturated rings. The van der Waals surface area contributed by atoms with Crippen LogP contribution in [0.3, 0.4) is 0 Å². The summed E-state index contributed by atoms with van der Waals surface area (Å²) in [4.78, 5) is 11.9. The molecule has 0 bridgehead atoms. The van der Waals surface area contributed by atoms with Gasteiger partial charge < -0.3 is 14.2 Å². The van der Waals surface area contributed by atoms with E-state index in [4.69, 9.17) is 14.2 Å². The predicted molar refractivity (Wildman–Crippen MR) is 72.6 cm³/mol. The second-order valence-electron chi connectivity index (χ2n) is 5.40. The molecule has 0 aliphatic carbocycles. The highest BCUT2D eigenvalue weighted by atomic mass is 16.7. The first-order valence-electron chi connectivity index (χ1n) is 6.12. The summed E-state index contributed by atoms with van der Waals surface area (Å²) in [5.41, 5.74) is 0.407. The van der Waals surface area contributed by atoms with E-state index in [1.54, 1.807) is 25.3 Å². The summed E-state index contributed by atoms with van der Waals surface area (Å²) in [5, 5.41) is 0. The molecule has 0 amide bonds. The summed E-state index contributed by atoms with van der Waals surface area (Å²) in [6.07, 6.45) is 3.31. The van der Waals surface area contributed by atoms with Gasteiger partial charge in [-0.05, 0) is 18.2 Å². The van der Waals surface area contributed by atoms with Crippen LogP contribution in [-0.4, -0.2) is 19.7 Å². The lowest BCUT2D eigenvalue weighted by Gasteiger charge is -2.13. The zero-order chi connectivity index (χ0) is 14.0. The van der Waals surface area contributed by atoms with Gasteiger partial charge in [0.15, 0.2) is 17.3 Å². The quantitative estimate of drug-likeness (QED) is 0.785. The van der Waals surface area contributed by atoms with Gasteiger partial charge in [0, 0.05) is 17.0 Å². The summed E-state index contributed by atoms with van der Waals surface area (Å²) in [7, 11) is 1.58. The highest BCUT2D eigenvalue weighted by Gasteiger charge is 2.19. The maximum atomic E-state index is 11.9. The molecule has 19 heavy (non-hydrogen) atoms. The van der Waals surface area contributed by atoms with Gasteiger partial charge in [0.2, 0.25) is 6.79 Å². The van der Waals surface area contributed by atoms with Crippen molar-refractivity contribution in [2.75, 3.05) is 13.9 Å². The zero-order valence-electron chi connectivity index (χ0n) is 11.6. The minimum atomic E-state index is -0.389. The van der Waals surface area contributed by atoms with Gasteiger partial charge in [0.25, 0.3) is 0 Å². The average molecular weight is 262 g/mol. The van der Waals surface area contributed by atoms with E-state index in [9.17, 15) is 4.79 Å². The van der Waals surface area contributed by atoms with E-state index in [0.717, 1.165) is 5.56 Å². The fraction of sp³-hybridized carbons (Fsp3) is 0.400. The SMILES string of the molecule is COc1cc2c(cc1/C=C/C(=O)C(C)(C)C)OCO2. The summed E-state index contributed by atoms with van der Waals surface area (Å²) in [6.45, 7) is 5.87. The molecular formula is C15H18O4. The average Bonchev–Trinajstić information content (AvgIpc) is 2.80. The molecule has 0 radical (unpaired) electrons. The third-order valence-corrected chi connectivity index (χ3v) is 2.88. The van der Waals surface area contributed by atoms with Crippen molar-refractivity contribution >= 4 is 11.9 Å². The second kappa shape index (κ2) is 4.96. The number of ketones is 1. The van der Waals surface area contributed by atoms with Crippen LogP contribution in [0.4, 0.5) is 0 Å². The van der Waals surface area contributed by atoms with Crippen LogP contribution in [0.1, 0.15) is 26.3 Å². The number of fused-ring (bicyclic) bond motifs is 1. The lowest BCUT2D eigenvalue weighted by Crippen LogP contribution is -2.17. The van der Waals surface area contributed by atoms with E-state index >= 15 is 0 Å². The van der Waals surface area contributed by atoms with Crippen LogP contribution < -0.4 is 14.2 Å². The first kappa shape index (κ1) is 13.5. The van der Waals surface area contributed by atoms with Gasteiger partial charge >= 0.3 is 0 Å². The van der Waals surface area contributed by atoms with Crippen LogP contribution in [0.5, 0.6) is 17.2 Å². The molecule has 1 aliphatic heterocycles. The van der Waals surface area contributed by atoms with Crippen LogP contribution in [0, 0.1) is 5.41 Å². The minimum Gasteiger partial charge on any atom is -0.496 e. The van der Waals surface area contributed by atoms with Crippen molar-refractivity contribution in [1.29, 1.82) is 0 Å². The molecule has 1 heterocycles. The van der Waals surface area contributed by atoms with Gasteiger partial charge in [0.1, 0.15) is 5.75 Å². The number of hydrogen-bond acceptors (Lipinski definition) is 4. The van der Waals surface area contributed by atoms with Crippen molar-refractivity contribution < 1.29 is 19.0 Å². The highest BCUT2D eigenvalue weighted by molar-refractivity contribution is 5.97. The van der Waals surface area contributed by atoms with Gasteiger partial charge in [-0.3, -0.25) is 4.79 Å².